The molecule has 0 radical (unpaired) electrons. The van der Waals surface area contributed by atoms with Gasteiger partial charge in [-0.15, -0.1) is 13.2 Å². The Labute approximate surface area is 94.8 Å². The molecule has 2 nitrogen and oxygen atoms in total. The zero-order chi connectivity index (χ0) is 12.6. The Morgan fingerprint density at radius 3 is 2.41 bits per heavy atom. The van der Waals surface area contributed by atoms with E-state index in [9.17, 15) is 17.6 Å². The van der Waals surface area contributed by atoms with Gasteiger partial charge in [0.25, 0.3) is 0 Å². The summed E-state index contributed by atoms with van der Waals surface area (Å²) in [6.45, 7) is 0. The van der Waals surface area contributed by atoms with Gasteiger partial charge >= 0.3 is 6.36 Å². The minimum absolute atomic E-state index is 0.164. The summed E-state index contributed by atoms with van der Waals surface area (Å²) in [6, 6.07) is 2.92. The van der Waals surface area contributed by atoms with Crippen molar-refractivity contribution in [2.24, 2.45) is 0 Å². The normalized spacial score (nSPS) is 24.3. The van der Waals surface area contributed by atoms with Crippen molar-refractivity contribution in [2.45, 2.75) is 31.2 Å². The number of rotatable bonds is 2. The van der Waals surface area contributed by atoms with Gasteiger partial charge in [0, 0.05) is 0 Å². The summed E-state index contributed by atoms with van der Waals surface area (Å²) < 4.78 is 53.0. The summed E-state index contributed by atoms with van der Waals surface area (Å²) in [6.07, 6.45) is -4.54. The molecule has 0 heterocycles. The Bertz CT molecular complexity index is 410. The Balaban J connectivity index is 2.18. The molecule has 17 heavy (non-hydrogen) atoms. The smallest absolute Gasteiger partial charge is 0.406 e. The van der Waals surface area contributed by atoms with Crippen LogP contribution in [0.5, 0.6) is 5.75 Å². The molecule has 0 saturated heterocycles. The van der Waals surface area contributed by atoms with E-state index in [1.54, 1.807) is 0 Å². The minimum Gasteiger partial charge on any atom is -0.406 e. The molecule has 0 bridgehead atoms. The quantitative estimate of drug-likeness (QED) is 0.818. The average molecular weight is 250 g/mol. The highest BCUT2D eigenvalue weighted by Crippen LogP contribution is 2.39. The topological polar surface area (TPSA) is 29.5 Å². The van der Waals surface area contributed by atoms with Gasteiger partial charge in [-0.3, -0.25) is 0 Å². The highest BCUT2D eigenvalue weighted by molar-refractivity contribution is 5.33. The van der Waals surface area contributed by atoms with Gasteiger partial charge < -0.3 is 9.84 Å². The molecule has 0 unspecified atom stereocenters. The Morgan fingerprint density at radius 1 is 1.24 bits per heavy atom. The van der Waals surface area contributed by atoms with Gasteiger partial charge in [0.1, 0.15) is 11.6 Å². The number of benzene rings is 1. The number of halogens is 4. The highest BCUT2D eigenvalue weighted by Gasteiger charge is 2.33. The van der Waals surface area contributed by atoms with Crippen LogP contribution in [0.4, 0.5) is 17.6 Å². The highest BCUT2D eigenvalue weighted by atomic mass is 19.4. The van der Waals surface area contributed by atoms with Crippen LogP contribution in [0.25, 0.3) is 0 Å². The fourth-order valence-corrected chi connectivity index (χ4v) is 1.87. The summed E-state index contributed by atoms with van der Waals surface area (Å²) in [7, 11) is 0. The second kappa shape index (κ2) is 4.18. The van der Waals surface area contributed by atoms with Crippen molar-refractivity contribution >= 4 is 0 Å². The molecule has 0 aromatic heterocycles. The zero-order valence-corrected chi connectivity index (χ0v) is 8.67. The first kappa shape index (κ1) is 12.2. The molecule has 2 rings (SSSR count). The van der Waals surface area contributed by atoms with Crippen LogP contribution in [-0.2, 0) is 0 Å². The van der Waals surface area contributed by atoms with E-state index in [0.29, 0.717) is 12.8 Å². The SMILES string of the molecule is O[C@H]1C[C@@H](c2cc(OC(F)(F)F)ccc2F)C1. The number of hydrogen-bond acceptors (Lipinski definition) is 2. The Morgan fingerprint density at radius 2 is 1.88 bits per heavy atom. The van der Waals surface area contributed by atoms with Gasteiger partial charge in [-0.05, 0) is 42.5 Å². The fraction of sp³-hybridized carbons (Fsp3) is 0.455. The molecule has 1 N–H and O–H groups in total. The lowest BCUT2D eigenvalue weighted by Crippen LogP contribution is -2.27. The van der Waals surface area contributed by atoms with Crippen LogP contribution in [0.3, 0.4) is 0 Å². The van der Waals surface area contributed by atoms with Gasteiger partial charge in [0.15, 0.2) is 0 Å². The van der Waals surface area contributed by atoms with Crippen molar-refractivity contribution < 1.29 is 27.4 Å². The number of hydrogen-bond donors (Lipinski definition) is 1. The summed E-state index contributed by atoms with van der Waals surface area (Å²) >= 11 is 0. The van der Waals surface area contributed by atoms with Crippen molar-refractivity contribution in [1.82, 2.24) is 0 Å². The summed E-state index contributed by atoms with van der Waals surface area (Å²) in [5.41, 5.74) is 0.164. The molecule has 1 aliphatic carbocycles. The van der Waals surface area contributed by atoms with Crippen molar-refractivity contribution in [3.63, 3.8) is 0 Å². The summed E-state index contributed by atoms with van der Waals surface area (Å²) in [4.78, 5) is 0. The van der Waals surface area contributed by atoms with Crippen molar-refractivity contribution in [1.29, 1.82) is 0 Å². The lowest BCUT2D eigenvalue weighted by molar-refractivity contribution is -0.274. The number of alkyl halides is 3. The molecular formula is C11H10F4O2. The molecule has 94 valence electrons. The Kier molecular flexibility index (Phi) is 2.99. The molecule has 0 aliphatic heterocycles. The van der Waals surface area contributed by atoms with E-state index in [2.05, 4.69) is 4.74 Å². The third-order valence-corrected chi connectivity index (χ3v) is 2.75. The molecule has 1 aromatic rings. The predicted octanol–water partition coefficient (Wildman–Crippen LogP) is 2.96. The van der Waals surface area contributed by atoms with Gasteiger partial charge in [-0.2, -0.15) is 0 Å². The maximum Gasteiger partial charge on any atom is 0.573 e. The summed E-state index contributed by atoms with van der Waals surface area (Å²) in [5, 5.41) is 9.09. The van der Waals surface area contributed by atoms with E-state index >= 15 is 0 Å². The number of aliphatic hydroxyl groups is 1. The summed E-state index contributed by atoms with van der Waals surface area (Å²) in [5.74, 6) is -1.24. The van der Waals surface area contributed by atoms with Crippen LogP contribution in [0.15, 0.2) is 18.2 Å². The largest absolute Gasteiger partial charge is 0.573 e. The third kappa shape index (κ3) is 2.88. The number of ether oxygens (including phenoxy) is 1. The van der Waals surface area contributed by atoms with Crippen LogP contribution in [0.1, 0.15) is 24.3 Å². The van der Waals surface area contributed by atoms with Crippen LogP contribution in [0.2, 0.25) is 0 Å². The van der Waals surface area contributed by atoms with Gasteiger partial charge in [-0.1, -0.05) is 0 Å². The molecule has 0 atom stereocenters. The second-order valence-corrected chi connectivity index (χ2v) is 4.05. The second-order valence-electron chi connectivity index (χ2n) is 4.05. The van der Waals surface area contributed by atoms with Crippen LogP contribution < -0.4 is 4.74 Å². The van der Waals surface area contributed by atoms with E-state index in [-0.39, 0.29) is 11.5 Å². The van der Waals surface area contributed by atoms with E-state index in [1.165, 1.54) is 0 Å². The van der Waals surface area contributed by atoms with Gasteiger partial charge in [0.2, 0.25) is 0 Å². The standard InChI is InChI=1S/C11H10F4O2/c12-10-2-1-8(17-11(13,14)15)5-9(10)6-3-7(16)4-6/h1-2,5-7,16H,3-4H2/t6-,7+. The van der Waals surface area contributed by atoms with E-state index in [0.717, 1.165) is 18.2 Å². The lowest BCUT2D eigenvalue weighted by atomic mass is 9.77. The molecule has 6 heteroatoms. The molecule has 1 saturated carbocycles. The molecule has 0 amide bonds. The average Bonchev–Trinajstić information content (AvgIpc) is 2.14. The predicted molar refractivity (Wildman–Crippen MR) is 51.1 cm³/mol. The minimum atomic E-state index is -4.78. The monoisotopic (exact) mass is 250 g/mol. The molecule has 0 spiro atoms. The molecule has 1 aliphatic rings. The zero-order valence-electron chi connectivity index (χ0n) is 8.67. The van der Waals surface area contributed by atoms with Gasteiger partial charge in [-0.25, -0.2) is 4.39 Å². The first-order valence-electron chi connectivity index (χ1n) is 5.08. The fourth-order valence-electron chi connectivity index (χ4n) is 1.87. The van der Waals surface area contributed by atoms with Crippen LogP contribution >= 0.6 is 0 Å². The number of aliphatic hydroxyl groups excluding tert-OH is 1. The maximum atomic E-state index is 13.4. The molecular weight excluding hydrogens is 240 g/mol. The maximum absolute atomic E-state index is 13.4. The lowest BCUT2D eigenvalue weighted by Gasteiger charge is -2.32. The first-order chi connectivity index (χ1) is 7.85. The van der Waals surface area contributed by atoms with Crippen molar-refractivity contribution in [2.75, 3.05) is 0 Å². The molecule has 1 fully saturated rings. The van der Waals surface area contributed by atoms with Crippen LogP contribution in [0, 0.1) is 5.82 Å². The van der Waals surface area contributed by atoms with Crippen molar-refractivity contribution in [3.8, 4) is 5.75 Å². The third-order valence-electron chi connectivity index (χ3n) is 2.75. The molecule has 1 aromatic carbocycles. The van der Waals surface area contributed by atoms with Crippen LogP contribution in [-0.4, -0.2) is 17.6 Å². The first-order valence-corrected chi connectivity index (χ1v) is 5.08. The van der Waals surface area contributed by atoms with E-state index in [1.807, 2.05) is 0 Å². The van der Waals surface area contributed by atoms with Crippen molar-refractivity contribution in [3.05, 3.63) is 29.6 Å². The van der Waals surface area contributed by atoms with E-state index < -0.39 is 24.0 Å². The Hall–Kier alpha value is -1.30. The van der Waals surface area contributed by atoms with Gasteiger partial charge in [0.05, 0.1) is 6.10 Å². The van der Waals surface area contributed by atoms with E-state index in [4.69, 9.17) is 5.11 Å².